The van der Waals surface area contributed by atoms with Crippen LogP contribution < -0.4 is 4.90 Å². The van der Waals surface area contributed by atoms with Gasteiger partial charge in [0.2, 0.25) is 11.8 Å². The summed E-state index contributed by atoms with van der Waals surface area (Å²) in [5, 5.41) is 0.416. The maximum Gasteiger partial charge on any atom is 0.241 e. The van der Waals surface area contributed by atoms with Crippen molar-refractivity contribution in [1.82, 2.24) is 0 Å². The smallest absolute Gasteiger partial charge is 0.241 e. The highest BCUT2D eigenvalue weighted by molar-refractivity contribution is 6.36. The van der Waals surface area contributed by atoms with Crippen molar-refractivity contribution < 1.29 is 9.59 Å². The molecule has 1 saturated heterocycles. The third-order valence-electron chi connectivity index (χ3n) is 7.11. The normalized spacial score (nSPS) is 28.9. The van der Waals surface area contributed by atoms with E-state index >= 15 is 0 Å². The number of carbonyl (C=O) groups is 2. The maximum atomic E-state index is 13.9. The van der Waals surface area contributed by atoms with Crippen molar-refractivity contribution >= 4 is 29.1 Å². The number of halogens is 1. The fourth-order valence-corrected chi connectivity index (χ4v) is 6.20. The van der Waals surface area contributed by atoms with Crippen LogP contribution in [0.5, 0.6) is 0 Å². The standard InChI is InChI=1S/C25H18ClNO2/c1-25-21-16-10-4-2-8-14(16)20(15-9-3-5-11-17(15)21)22(25)23(28)27(24(25)29)19-13-7-6-12-18(19)26/h2-13,20-22H,1H3/t20?,21?,22-,25-/m0/s1. The van der Waals surface area contributed by atoms with Gasteiger partial charge in [-0.25, -0.2) is 4.90 Å². The molecule has 3 aliphatic carbocycles. The van der Waals surface area contributed by atoms with Crippen LogP contribution in [0.4, 0.5) is 5.69 Å². The monoisotopic (exact) mass is 399 g/mol. The van der Waals surface area contributed by atoms with Gasteiger partial charge in [0, 0.05) is 11.8 Å². The van der Waals surface area contributed by atoms with Crippen LogP contribution >= 0.6 is 11.6 Å². The van der Waals surface area contributed by atoms with Gasteiger partial charge in [0.05, 0.1) is 22.0 Å². The van der Waals surface area contributed by atoms with E-state index in [2.05, 4.69) is 24.3 Å². The molecular weight excluding hydrogens is 382 g/mol. The largest absolute Gasteiger partial charge is 0.274 e. The lowest BCUT2D eigenvalue weighted by atomic mass is 9.48. The van der Waals surface area contributed by atoms with Gasteiger partial charge in [0.25, 0.3) is 0 Å². The van der Waals surface area contributed by atoms with Crippen molar-refractivity contribution in [3.63, 3.8) is 0 Å². The number of imide groups is 1. The van der Waals surface area contributed by atoms with Crippen molar-refractivity contribution in [3.8, 4) is 0 Å². The van der Waals surface area contributed by atoms with Gasteiger partial charge >= 0.3 is 0 Å². The summed E-state index contributed by atoms with van der Waals surface area (Å²) >= 11 is 6.40. The molecular formula is C25H18ClNO2. The molecule has 0 radical (unpaired) electrons. The molecule has 2 amide bonds. The molecule has 142 valence electrons. The zero-order chi connectivity index (χ0) is 19.9. The molecule has 3 nitrogen and oxygen atoms in total. The third kappa shape index (κ3) is 1.89. The van der Waals surface area contributed by atoms with E-state index in [4.69, 9.17) is 11.6 Å². The summed E-state index contributed by atoms with van der Waals surface area (Å²) in [7, 11) is 0. The Morgan fingerprint density at radius 3 is 1.90 bits per heavy atom. The van der Waals surface area contributed by atoms with Crippen LogP contribution in [-0.2, 0) is 9.59 Å². The zero-order valence-electron chi connectivity index (χ0n) is 15.8. The number of anilines is 1. The first-order valence-corrected chi connectivity index (χ1v) is 10.2. The van der Waals surface area contributed by atoms with Crippen LogP contribution in [0.15, 0.2) is 72.8 Å². The van der Waals surface area contributed by atoms with Gasteiger partial charge in [-0.2, -0.15) is 0 Å². The number of hydrogen-bond donors (Lipinski definition) is 0. The molecule has 0 spiro atoms. The van der Waals surface area contributed by atoms with Crippen molar-refractivity contribution in [3.05, 3.63) is 100 Å². The summed E-state index contributed by atoms with van der Waals surface area (Å²) in [6, 6.07) is 23.6. The number of carbonyl (C=O) groups excluding carboxylic acids is 2. The molecule has 1 aliphatic heterocycles. The van der Waals surface area contributed by atoms with Crippen LogP contribution in [0.1, 0.15) is 41.0 Å². The van der Waals surface area contributed by atoms with Crippen LogP contribution in [0.25, 0.3) is 0 Å². The van der Waals surface area contributed by atoms with Gasteiger partial charge in [-0.3, -0.25) is 9.59 Å². The van der Waals surface area contributed by atoms with Gasteiger partial charge in [0.15, 0.2) is 0 Å². The second-order valence-corrected chi connectivity index (χ2v) is 8.77. The Morgan fingerprint density at radius 1 is 0.793 bits per heavy atom. The molecule has 2 bridgehead atoms. The fraction of sp³-hybridized carbons (Fsp3) is 0.200. The quantitative estimate of drug-likeness (QED) is 0.532. The lowest BCUT2D eigenvalue weighted by Crippen LogP contribution is -2.49. The molecule has 1 fully saturated rings. The first-order valence-electron chi connectivity index (χ1n) is 9.85. The molecule has 1 heterocycles. The number of rotatable bonds is 1. The molecule has 29 heavy (non-hydrogen) atoms. The molecule has 4 heteroatoms. The average molecular weight is 400 g/mol. The first kappa shape index (κ1) is 17.0. The Kier molecular flexibility index (Phi) is 3.27. The molecule has 2 atom stereocenters. The number of para-hydroxylation sites is 1. The summed E-state index contributed by atoms with van der Waals surface area (Å²) in [5.74, 6) is -1.000. The summed E-state index contributed by atoms with van der Waals surface area (Å²) in [4.78, 5) is 29.0. The fourth-order valence-electron chi connectivity index (χ4n) is 5.98. The zero-order valence-corrected chi connectivity index (χ0v) is 16.6. The second kappa shape index (κ2) is 5.58. The van der Waals surface area contributed by atoms with E-state index in [-0.39, 0.29) is 23.7 Å². The second-order valence-electron chi connectivity index (χ2n) is 8.36. The van der Waals surface area contributed by atoms with Gasteiger partial charge in [-0.05, 0) is 41.3 Å². The molecule has 3 aromatic rings. The van der Waals surface area contributed by atoms with E-state index in [1.165, 1.54) is 16.0 Å². The maximum absolute atomic E-state index is 13.9. The van der Waals surface area contributed by atoms with Crippen molar-refractivity contribution in [2.75, 3.05) is 4.90 Å². The predicted octanol–water partition coefficient (Wildman–Crippen LogP) is 5.13. The number of amides is 2. The SMILES string of the molecule is C[C@@]12C(=O)N(c3ccccc3Cl)C(=O)[C@@H]1C1c3ccccc3C2c2ccccc21. The summed E-state index contributed by atoms with van der Waals surface area (Å²) < 4.78 is 0. The molecule has 4 aliphatic rings. The Hall–Kier alpha value is -2.91. The molecule has 0 unspecified atom stereocenters. The Bertz CT molecular complexity index is 1170. The number of benzene rings is 3. The molecule has 0 saturated carbocycles. The summed E-state index contributed by atoms with van der Waals surface area (Å²) in [6.07, 6.45) is 0. The highest BCUT2D eigenvalue weighted by Gasteiger charge is 2.68. The van der Waals surface area contributed by atoms with Gasteiger partial charge in [-0.15, -0.1) is 0 Å². The first-order chi connectivity index (χ1) is 14.0. The Balaban J connectivity index is 1.64. The number of hydrogen-bond acceptors (Lipinski definition) is 2. The predicted molar refractivity (Wildman–Crippen MR) is 112 cm³/mol. The minimum absolute atomic E-state index is 0.124. The average Bonchev–Trinajstić information content (AvgIpc) is 2.95. The minimum Gasteiger partial charge on any atom is -0.274 e. The lowest BCUT2D eigenvalue weighted by Gasteiger charge is -2.51. The van der Waals surface area contributed by atoms with E-state index in [1.807, 2.05) is 37.3 Å². The van der Waals surface area contributed by atoms with Crippen molar-refractivity contribution in [1.29, 1.82) is 0 Å². The number of nitrogens with zero attached hydrogens (tertiary/aromatic N) is 1. The summed E-state index contributed by atoms with van der Waals surface area (Å²) in [5.41, 5.74) is 4.31. The van der Waals surface area contributed by atoms with Crippen LogP contribution in [0, 0.1) is 11.3 Å². The van der Waals surface area contributed by atoms with E-state index in [0.29, 0.717) is 10.7 Å². The molecule has 7 rings (SSSR count). The highest BCUT2D eigenvalue weighted by Crippen LogP contribution is 2.67. The van der Waals surface area contributed by atoms with E-state index in [1.54, 1.807) is 18.2 Å². The third-order valence-corrected chi connectivity index (χ3v) is 7.43. The van der Waals surface area contributed by atoms with E-state index in [0.717, 1.165) is 11.1 Å². The van der Waals surface area contributed by atoms with E-state index < -0.39 is 11.3 Å². The van der Waals surface area contributed by atoms with Gasteiger partial charge < -0.3 is 0 Å². The van der Waals surface area contributed by atoms with Crippen LogP contribution in [0.2, 0.25) is 5.02 Å². The van der Waals surface area contributed by atoms with Crippen LogP contribution in [-0.4, -0.2) is 11.8 Å². The molecule has 0 aromatic heterocycles. The molecule has 0 N–H and O–H groups in total. The lowest BCUT2D eigenvalue weighted by molar-refractivity contribution is -0.128. The Morgan fingerprint density at radius 2 is 1.31 bits per heavy atom. The van der Waals surface area contributed by atoms with Crippen molar-refractivity contribution in [2.45, 2.75) is 18.8 Å². The highest BCUT2D eigenvalue weighted by atomic mass is 35.5. The van der Waals surface area contributed by atoms with E-state index in [9.17, 15) is 9.59 Å². The molecule has 3 aromatic carbocycles. The van der Waals surface area contributed by atoms with Crippen molar-refractivity contribution in [2.24, 2.45) is 11.3 Å². The summed E-state index contributed by atoms with van der Waals surface area (Å²) in [6.45, 7) is 1.97. The van der Waals surface area contributed by atoms with Gasteiger partial charge in [-0.1, -0.05) is 72.3 Å². The Labute approximate surface area is 173 Å². The topological polar surface area (TPSA) is 37.4 Å². The van der Waals surface area contributed by atoms with Crippen LogP contribution in [0.3, 0.4) is 0 Å². The minimum atomic E-state index is -0.830. The van der Waals surface area contributed by atoms with Gasteiger partial charge in [0.1, 0.15) is 0 Å².